The summed E-state index contributed by atoms with van der Waals surface area (Å²) in [6, 6.07) is 50.8. The Morgan fingerprint density at radius 2 is 0.971 bits per heavy atom. The number of fused-ring (bicyclic) bond motifs is 6. The SMILES string of the molecule is Cc1cc2c3c(c1)N(c1ccc(C(C)(C)C)cc1-c1ccc4c(c1)C(C)(C)CCC4(C)C)c1cc4c(cc1B3c1ccc(-c3ccccc3)cc1N2c1cc(C(C)(C)C)ccc1C)C(C)(C)CC4(C)C. The van der Waals surface area contributed by atoms with E-state index in [1.165, 1.54) is 130 Å². The van der Waals surface area contributed by atoms with E-state index in [2.05, 4.69) is 248 Å². The average molecular weight is 919 g/mol. The van der Waals surface area contributed by atoms with Crippen LogP contribution in [0.3, 0.4) is 0 Å². The van der Waals surface area contributed by atoms with Crippen LogP contribution in [0.5, 0.6) is 0 Å². The largest absolute Gasteiger partial charge is 0.311 e. The second kappa shape index (κ2) is 15.4. The lowest BCUT2D eigenvalue weighted by Crippen LogP contribution is -2.61. The van der Waals surface area contributed by atoms with Crippen LogP contribution >= 0.6 is 0 Å². The van der Waals surface area contributed by atoms with Crippen LogP contribution in [0, 0.1) is 13.8 Å². The van der Waals surface area contributed by atoms with Crippen molar-refractivity contribution >= 4 is 57.2 Å². The second-order valence-corrected chi connectivity index (χ2v) is 26.6. The predicted octanol–water partition coefficient (Wildman–Crippen LogP) is 16.6. The van der Waals surface area contributed by atoms with Gasteiger partial charge in [-0.3, -0.25) is 0 Å². The maximum atomic E-state index is 2.72. The summed E-state index contributed by atoms with van der Waals surface area (Å²) in [6.45, 7) is 38.5. The lowest BCUT2D eigenvalue weighted by Gasteiger charge is -2.46. The van der Waals surface area contributed by atoms with E-state index in [9.17, 15) is 0 Å². The Labute approximate surface area is 421 Å². The minimum atomic E-state index is -0.0329. The van der Waals surface area contributed by atoms with E-state index < -0.39 is 0 Å². The number of rotatable bonds is 4. The lowest BCUT2D eigenvalue weighted by molar-refractivity contribution is 0.332. The van der Waals surface area contributed by atoms with Crippen molar-refractivity contribution in [2.45, 2.75) is 163 Å². The fraction of sp³-hybridized carbons (Fsp3) is 0.373. The van der Waals surface area contributed by atoms with Crippen molar-refractivity contribution in [1.82, 2.24) is 0 Å². The topological polar surface area (TPSA) is 6.48 Å². The van der Waals surface area contributed by atoms with Gasteiger partial charge in [-0.2, -0.15) is 0 Å². The number of hydrogen-bond acceptors (Lipinski definition) is 2. The third kappa shape index (κ3) is 7.26. The normalized spacial score (nSPS) is 17.9. The highest BCUT2D eigenvalue weighted by Crippen LogP contribution is 2.55. The Kier molecular flexibility index (Phi) is 10.2. The Balaban J connectivity index is 1.26. The van der Waals surface area contributed by atoms with Gasteiger partial charge in [0.25, 0.3) is 6.71 Å². The minimum absolute atomic E-state index is 0.0184. The molecule has 0 N–H and O–H groups in total. The van der Waals surface area contributed by atoms with Gasteiger partial charge in [-0.05, 0) is 186 Å². The summed E-state index contributed by atoms with van der Waals surface area (Å²) in [5.41, 5.74) is 28.2. The van der Waals surface area contributed by atoms with Crippen LogP contribution in [0.25, 0.3) is 22.3 Å². The Morgan fingerprint density at radius 1 is 0.414 bits per heavy atom. The van der Waals surface area contributed by atoms with E-state index in [4.69, 9.17) is 0 Å². The van der Waals surface area contributed by atoms with Crippen molar-refractivity contribution in [2.24, 2.45) is 0 Å². The van der Waals surface area contributed by atoms with Crippen LogP contribution in [0.4, 0.5) is 34.1 Å². The monoisotopic (exact) mass is 919 g/mol. The molecule has 7 aromatic rings. The summed E-state index contributed by atoms with van der Waals surface area (Å²) in [5.74, 6) is 0. The van der Waals surface area contributed by atoms with Gasteiger partial charge in [0.1, 0.15) is 0 Å². The highest BCUT2D eigenvalue weighted by molar-refractivity contribution is 7.00. The standard InChI is InChI=1S/C67H75BN2/c1-41-32-59-61-60(33-41)70(56-37-47(63(6,7)8)25-22-42(56)2)57-35-44(43-20-18-17-19-21-43)24-28-53(57)68(61)54-38-51-52(67(15,16)40-66(51,13)14)39-58(54)69(59)55-29-26-46(62(3,4)5)36-48(55)45-23-27-49-50(34-45)65(11,12)31-30-64(49,9)10/h17-29,32-39H,30-31,40H2,1-16H3. The van der Waals surface area contributed by atoms with Crippen LogP contribution in [0.2, 0.25) is 0 Å². The van der Waals surface area contributed by atoms with Crippen molar-refractivity contribution in [3.63, 3.8) is 0 Å². The van der Waals surface area contributed by atoms with Gasteiger partial charge < -0.3 is 9.80 Å². The molecule has 0 spiro atoms. The zero-order valence-corrected chi connectivity index (χ0v) is 45.2. The fourth-order valence-corrected chi connectivity index (χ4v) is 13.4. The molecule has 2 aliphatic carbocycles. The molecule has 0 saturated heterocycles. The molecule has 0 saturated carbocycles. The Morgan fingerprint density at radius 3 is 1.63 bits per heavy atom. The maximum Gasteiger partial charge on any atom is 0.252 e. The molecule has 0 fully saturated rings. The van der Waals surface area contributed by atoms with Crippen molar-refractivity contribution < 1.29 is 0 Å². The zero-order valence-electron chi connectivity index (χ0n) is 45.2. The molecule has 0 bridgehead atoms. The Bertz CT molecular complexity index is 3290. The average Bonchev–Trinajstić information content (AvgIpc) is 3.48. The zero-order chi connectivity index (χ0) is 49.8. The van der Waals surface area contributed by atoms with Crippen LogP contribution in [-0.4, -0.2) is 6.71 Å². The minimum Gasteiger partial charge on any atom is -0.311 e. The molecule has 0 unspecified atom stereocenters. The van der Waals surface area contributed by atoms with Gasteiger partial charge in [0, 0.05) is 34.0 Å². The highest BCUT2D eigenvalue weighted by Gasteiger charge is 2.49. The molecule has 0 radical (unpaired) electrons. The second-order valence-electron chi connectivity index (χ2n) is 26.6. The van der Waals surface area contributed by atoms with Crippen LogP contribution < -0.4 is 26.2 Å². The smallest absolute Gasteiger partial charge is 0.252 e. The number of nitrogens with zero attached hydrogens (tertiary/aromatic N) is 2. The van der Waals surface area contributed by atoms with Crippen LogP contribution in [0.1, 0.15) is 161 Å². The molecule has 4 aliphatic rings. The van der Waals surface area contributed by atoms with Gasteiger partial charge in [0.05, 0.1) is 5.69 Å². The molecule has 356 valence electrons. The van der Waals surface area contributed by atoms with Crippen LogP contribution in [-0.2, 0) is 32.5 Å². The van der Waals surface area contributed by atoms with Gasteiger partial charge in [-0.1, -0.05) is 182 Å². The molecule has 2 nitrogen and oxygen atoms in total. The molecule has 2 heterocycles. The quantitative estimate of drug-likeness (QED) is 0.162. The first kappa shape index (κ1) is 46.6. The molecule has 3 heteroatoms. The number of anilines is 6. The molecule has 0 aromatic heterocycles. The fourth-order valence-electron chi connectivity index (χ4n) is 13.4. The summed E-state index contributed by atoms with van der Waals surface area (Å²) in [5, 5.41) is 0. The van der Waals surface area contributed by atoms with Crippen molar-refractivity contribution in [3.8, 4) is 22.3 Å². The summed E-state index contributed by atoms with van der Waals surface area (Å²) >= 11 is 0. The van der Waals surface area contributed by atoms with E-state index >= 15 is 0 Å². The predicted molar refractivity (Wildman–Crippen MR) is 304 cm³/mol. The number of aryl methyl sites for hydroxylation is 2. The van der Waals surface area contributed by atoms with E-state index in [0.717, 1.165) is 6.42 Å². The molecule has 2 aliphatic heterocycles. The van der Waals surface area contributed by atoms with Gasteiger partial charge >= 0.3 is 0 Å². The molecule has 0 atom stereocenters. The summed E-state index contributed by atoms with van der Waals surface area (Å²) in [7, 11) is 0. The molecule has 70 heavy (non-hydrogen) atoms. The van der Waals surface area contributed by atoms with Crippen molar-refractivity contribution in [3.05, 3.63) is 172 Å². The van der Waals surface area contributed by atoms with E-state index in [1.807, 2.05) is 0 Å². The van der Waals surface area contributed by atoms with E-state index in [0.29, 0.717) is 0 Å². The van der Waals surface area contributed by atoms with Crippen molar-refractivity contribution in [2.75, 3.05) is 9.80 Å². The molecule has 0 amide bonds. The molecular weight excluding hydrogens is 844 g/mol. The summed E-state index contributed by atoms with van der Waals surface area (Å²) in [4.78, 5) is 5.37. The number of benzene rings is 7. The van der Waals surface area contributed by atoms with Crippen LogP contribution in [0.15, 0.2) is 127 Å². The summed E-state index contributed by atoms with van der Waals surface area (Å²) in [6.07, 6.45) is 3.50. The van der Waals surface area contributed by atoms with Gasteiger partial charge in [0.2, 0.25) is 0 Å². The third-order valence-corrected chi connectivity index (χ3v) is 17.4. The lowest BCUT2D eigenvalue weighted by atomic mass is 9.33. The first-order chi connectivity index (χ1) is 32.7. The first-order valence-electron chi connectivity index (χ1n) is 26.3. The van der Waals surface area contributed by atoms with E-state index in [1.54, 1.807) is 0 Å². The van der Waals surface area contributed by atoms with Crippen molar-refractivity contribution in [1.29, 1.82) is 0 Å². The molecular formula is C67H75BN2. The molecule has 11 rings (SSSR count). The molecule has 7 aromatic carbocycles. The summed E-state index contributed by atoms with van der Waals surface area (Å²) < 4.78 is 0. The number of hydrogen-bond donors (Lipinski definition) is 0. The highest BCUT2D eigenvalue weighted by atomic mass is 15.2. The maximum absolute atomic E-state index is 2.72. The Hall–Kier alpha value is -5.80. The van der Waals surface area contributed by atoms with Gasteiger partial charge in [0.15, 0.2) is 0 Å². The third-order valence-electron chi connectivity index (χ3n) is 17.4. The van der Waals surface area contributed by atoms with Gasteiger partial charge in [-0.25, -0.2) is 0 Å². The first-order valence-corrected chi connectivity index (χ1v) is 26.3. The van der Waals surface area contributed by atoms with E-state index in [-0.39, 0.29) is 39.2 Å². The van der Waals surface area contributed by atoms with Gasteiger partial charge in [-0.15, -0.1) is 0 Å².